The maximum atomic E-state index is 13.2. The minimum absolute atomic E-state index is 0.186. The van der Waals surface area contributed by atoms with E-state index in [1.165, 1.54) is 87.3 Å². The molecule has 0 spiro atoms. The fourth-order valence-corrected chi connectivity index (χ4v) is 15.4. The van der Waals surface area contributed by atoms with Gasteiger partial charge in [-0.2, -0.15) is 52.7 Å². The highest BCUT2D eigenvalue weighted by Gasteiger charge is 2.40. The quantitative estimate of drug-likeness (QED) is 0.0181. The number of rotatable bonds is 21. The number of nitrogens with zero attached hydrogens (tertiary/aromatic N) is 5. The number of ether oxygens (including phenoxy) is 6. The van der Waals surface area contributed by atoms with Crippen LogP contribution in [0.1, 0.15) is 193 Å². The van der Waals surface area contributed by atoms with Crippen LogP contribution in [-0.4, -0.2) is 161 Å². The average molecular weight is 1790 g/mol. The third kappa shape index (κ3) is 37.8. The van der Waals surface area contributed by atoms with Crippen molar-refractivity contribution in [3.8, 4) is 5.75 Å². The molecule has 0 bridgehead atoms. The number of hydrogen-bond donors (Lipinski definition) is 1. The van der Waals surface area contributed by atoms with E-state index in [2.05, 4.69) is 54.9 Å². The molecule has 0 unspecified atom stereocenters. The molecular formula is C93H123F12N5O14Si. The van der Waals surface area contributed by atoms with Crippen LogP contribution in [0.25, 0.3) is 18.2 Å². The third-order valence-corrected chi connectivity index (χ3v) is 20.9. The van der Waals surface area contributed by atoms with Crippen molar-refractivity contribution in [2.45, 2.75) is 222 Å². The van der Waals surface area contributed by atoms with Crippen LogP contribution >= 0.6 is 0 Å². The van der Waals surface area contributed by atoms with Gasteiger partial charge in [-0.1, -0.05) is 68.2 Å². The Kier molecular flexibility index (Phi) is 38.7. The molecule has 0 amide bonds. The zero-order chi connectivity index (χ0) is 94.2. The predicted molar refractivity (Wildman–Crippen MR) is 464 cm³/mol. The van der Waals surface area contributed by atoms with E-state index in [1.807, 2.05) is 35.5 Å². The van der Waals surface area contributed by atoms with Crippen molar-refractivity contribution in [2.75, 3.05) is 99.1 Å². The molecular weight excluding hydrogens is 1670 g/mol. The number of carbonyl (C=O) groups is 7. The highest BCUT2D eigenvalue weighted by molar-refractivity contribution is 6.76. The van der Waals surface area contributed by atoms with Gasteiger partial charge in [0.05, 0.1) is 73.5 Å². The number of methoxy groups -OCH3 is 2. The molecule has 125 heavy (non-hydrogen) atoms. The molecule has 4 saturated heterocycles. The van der Waals surface area contributed by atoms with E-state index in [1.54, 1.807) is 74.3 Å². The molecule has 4 aliphatic rings. The second-order valence-electron chi connectivity index (χ2n) is 36.4. The molecule has 5 aromatic rings. The Balaban J connectivity index is 0.000000280. The Bertz CT molecular complexity index is 4160. The van der Waals surface area contributed by atoms with Crippen molar-refractivity contribution in [1.29, 1.82) is 0 Å². The smallest absolute Gasteiger partial charge is 0.416 e. The van der Waals surface area contributed by atoms with Crippen LogP contribution in [0.4, 0.5) is 75.4 Å². The van der Waals surface area contributed by atoms with E-state index in [0.717, 1.165) is 67.9 Å². The lowest BCUT2D eigenvalue weighted by molar-refractivity contribution is -0.161. The van der Waals surface area contributed by atoms with Crippen LogP contribution in [0.5, 0.6) is 5.75 Å². The number of halogens is 12. The van der Waals surface area contributed by atoms with Gasteiger partial charge in [0, 0.05) is 89.2 Å². The molecule has 0 radical (unpaired) electrons. The molecule has 4 aliphatic heterocycles. The van der Waals surface area contributed by atoms with Crippen molar-refractivity contribution in [1.82, 2.24) is 4.90 Å². The summed E-state index contributed by atoms with van der Waals surface area (Å²) in [6.45, 7) is 36.7. The number of anilines is 4. The van der Waals surface area contributed by atoms with Crippen LogP contribution in [-0.2, 0) is 88.5 Å². The van der Waals surface area contributed by atoms with E-state index in [0.29, 0.717) is 149 Å². The monoisotopic (exact) mass is 1790 g/mol. The lowest BCUT2D eigenvalue weighted by Crippen LogP contribution is -2.40. The first-order chi connectivity index (χ1) is 57.6. The summed E-state index contributed by atoms with van der Waals surface area (Å²) in [4.78, 5) is 91.7. The van der Waals surface area contributed by atoms with Crippen LogP contribution in [0.3, 0.4) is 0 Å². The Hall–Kier alpha value is -9.69. The summed E-state index contributed by atoms with van der Waals surface area (Å²) < 4.78 is 189. The summed E-state index contributed by atoms with van der Waals surface area (Å²) in [5.41, 5.74) is -0.917. The van der Waals surface area contributed by atoms with Crippen LogP contribution < -0.4 is 24.3 Å². The van der Waals surface area contributed by atoms with E-state index in [4.69, 9.17) is 33.5 Å². The molecule has 32 heteroatoms. The number of esters is 4. The molecule has 4 heterocycles. The van der Waals surface area contributed by atoms with Crippen molar-refractivity contribution in [2.24, 2.45) is 23.7 Å². The summed E-state index contributed by atoms with van der Waals surface area (Å²) in [5, 5.41) is 8.82. The summed E-state index contributed by atoms with van der Waals surface area (Å²) >= 11 is 0. The minimum Gasteiger partial charge on any atom is -0.495 e. The van der Waals surface area contributed by atoms with E-state index in [9.17, 15) is 86.2 Å². The molecule has 692 valence electrons. The van der Waals surface area contributed by atoms with E-state index < -0.39 is 83.4 Å². The topological polar surface area (TPSA) is 211 Å². The van der Waals surface area contributed by atoms with Gasteiger partial charge in [0.2, 0.25) is 0 Å². The zero-order valence-corrected chi connectivity index (χ0v) is 76.0. The fraction of sp³-hybridized carbons (Fsp3) is 0.538. The fourth-order valence-electron chi connectivity index (χ4n) is 13.9. The van der Waals surface area contributed by atoms with Gasteiger partial charge in [0.15, 0.2) is 11.6 Å². The number of aliphatic carboxylic acids is 1. The van der Waals surface area contributed by atoms with Gasteiger partial charge in [0.1, 0.15) is 28.2 Å². The van der Waals surface area contributed by atoms with Crippen LogP contribution in [0.15, 0.2) is 121 Å². The van der Waals surface area contributed by atoms with Crippen LogP contribution in [0.2, 0.25) is 19.6 Å². The number of carboxylic acids is 1. The number of carbonyl (C=O) groups excluding carboxylic acids is 6. The molecule has 1 N–H and O–H groups in total. The number of benzene rings is 5. The van der Waals surface area contributed by atoms with Gasteiger partial charge in [-0.05, 0) is 262 Å². The molecule has 9 rings (SSSR count). The maximum Gasteiger partial charge on any atom is 0.416 e. The number of hydrogen-bond acceptors (Lipinski definition) is 18. The summed E-state index contributed by atoms with van der Waals surface area (Å²) in [6.07, 6.45) is -4.78. The van der Waals surface area contributed by atoms with Crippen molar-refractivity contribution >= 4 is 90.5 Å². The maximum absolute atomic E-state index is 13.2. The number of ketones is 2. The largest absolute Gasteiger partial charge is 0.495 e. The SMILES string of the molecule is CC(=O)/C=C\c1ccc(C(F)(F)F)cc1N1CCC(C(=O)OC(C)(C)C)CC1.CC(=O)/C=C\c1ccc(C(F)(F)F)cc1N1CCC(C(=O)OC(C)(C)C)CC1.CC(C)(C)OC(=O)C1CCN(c2cc(C(F)(F)F)ccc2/C=C\C(=O)O)CC1.COCN(Cc1ccccc1)C[Si](C)(C)C.COc1ccc(C(F)(F)F)cc1N1CCC(C(=O)OC(C)(C)C)CC1. The average Bonchev–Trinajstić information content (AvgIpc) is 0.813. The minimum atomic E-state index is -4.50. The lowest BCUT2D eigenvalue weighted by Gasteiger charge is -2.35. The van der Waals surface area contributed by atoms with Crippen molar-refractivity contribution < 1.29 is 120 Å². The highest BCUT2D eigenvalue weighted by atomic mass is 28.3. The summed E-state index contributed by atoms with van der Waals surface area (Å²) in [5.74, 6) is -3.32. The standard InChI is InChI=1S/2C21H26F3NO3.C20H24F3NO4.C18H24F3NO3.C13H23NOSi/c2*1-14(26)5-6-15-7-8-17(21(22,23)24)13-18(15)25-11-9-16(10-12-25)19(27)28-20(2,3)4;1-19(2,3)28-18(27)14-8-10-24(11-9-14)16-12-15(20(21,22)23)6-4-13(16)5-7-17(25)26;1-17(2,3)25-16(23)12-7-9-22(10-8-12)14-11-13(18(19,20)21)5-6-15(14)24-4;1-15-11-14(12-16(2,3)4)10-13-8-6-5-7-9-13/h2*5-8,13,16H,9-12H2,1-4H3;4-7,12,14H,8-11H2,1-3H3,(H,25,26);5-6,11-12H,7-10H2,1-4H3;5-9H,10-12H2,1-4H3/b2*6-5-;7-5-;;. The third-order valence-electron chi connectivity index (χ3n) is 19.5. The van der Waals surface area contributed by atoms with E-state index >= 15 is 0 Å². The van der Waals surface area contributed by atoms with Crippen molar-refractivity contribution in [3.05, 3.63) is 166 Å². The summed E-state index contributed by atoms with van der Waals surface area (Å²) in [6, 6.07) is 24.2. The first-order valence-electron chi connectivity index (χ1n) is 41.5. The highest BCUT2D eigenvalue weighted by Crippen LogP contribution is 2.42. The second-order valence-corrected chi connectivity index (χ2v) is 41.8. The van der Waals surface area contributed by atoms with Gasteiger partial charge >= 0.3 is 54.6 Å². The first kappa shape index (κ1) is 106. The van der Waals surface area contributed by atoms with Gasteiger partial charge in [-0.25, -0.2) is 4.79 Å². The Labute approximate surface area is 727 Å². The number of piperidine rings is 4. The second kappa shape index (κ2) is 45.6. The molecule has 0 saturated carbocycles. The molecule has 0 aromatic heterocycles. The van der Waals surface area contributed by atoms with Crippen LogP contribution in [0, 0.1) is 23.7 Å². The molecule has 5 aromatic carbocycles. The van der Waals surface area contributed by atoms with Gasteiger partial charge in [-0.15, -0.1) is 0 Å². The summed E-state index contributed by atoms with van der Waals surface area (Å²) in [7, 11) is 2.13. The lowest BCUT2D eigenvalue weighted by atomic mass is 9.95. The number of alkyl halides is 12. The number of carboxylic acid groups (broad SMARTS) is 1. The van der Waals surface area contributed by atoms with E-state index in [-0.39, 0.29) is 59.1 Å². The predicted octanol–water partition coefficient (Wildman–Crippen LogP) is 21.3. The molecule has 0 atom stereocenters. The Morgan fingerprint density at radius 3 is 0.904 bits per heavy atom. The van der Waals surface area contributed by atoms with Gasteiger partial charge < -0.3 is 53.1 Å². The Morgan fingerprint density at radius 2 is 0.664 bits per heavy atom. The Morgan fingerprint density at radius 1 is 0.400 bits per heavy atom. The molecule has 0 aliphatic carbocycles. The normalized spacial score (nSPS) is 15.9. The van der Waals surface area contributed by atoms with Gasteiger partial charge in [0.25, 0.3) is 0 Å². The number of allylic oxidation sites excluding steroid dienone is 2. The van der Waals surface area contributed by atoms with Gasteiger partial charge in [-0.3, -0.25) is 33.7 Å². The van der Waals surface area contributed by atoms with Crippen molar-refractivity contribution in [3.63, 3.8) is 0 Å². The molecule has 19 nitrogen and oxygen atoms in total. The molecule has 4 fully saturated rings. The zero-order valence-electron chi connectivity index (χ0n) is 75.0. The first-order valence-corrected chi connectivity index (χ1v) is 45.2.